The number of carbonyl (C=O) groups excluding carboxylic acids is 1. The summed E-state index contributed by atoms with van der Waals surface area (Å²) in [6.07, 6.45) is 3.21. The molecule has 0 radical (unpaired) electrons. The molecule has 2 N–H and O–H groups in total. The number of nitrogens with two attached hydrogens (primary N) is 1. The van der Waals surface area contributed by atoms with E-state index in [2.05, 4.69) is 31.2 Å². The highest BCUT2D eigenvalue weighted by Crippen LogP contribution is 2.34. The van der Waals surface area contributed by atoms with Crippen LogP contribution in [-0.4, -0.2) is 29.9 Å². The molecule has 1 saturated heterocycles. The summed E-state index contributed by atoms with van der Waals surface area (Å²) in [7, 11) is 0. The van der Waals surface area contributed by atoms with Crippen LogP contribution in [0.4, 0.5) is 0 Å². The highest BCUT2D eigenvalue weighted by atomic mass is 35.5. The Balaban J connectivity index is 0.00000156. The Labute approximate surface area is 143 Å². The SMILES string of the molecule is CC1CC(CN)CN1C(=O)c1ccc2c3c(cccc13)CC2.Cl. The summed E-state index contributed by atoms with van der Waals surface area (Å²) < 4.78 is 0. The van der Waals surface area contributed by atoms with Gasteiger partial charge < -0.3 is 10.6 Å². The summed E-state index contributed by atoms with van der Waals surface area (Å²) >= 11 is 0. The number of benzene rings is 2. The van der Waals surface area contributed by atoms with E-state index in [4.69, 9.17) is 5.73 Å². The molecule has 0 saturated carbocycles. The lowest BCUT2D eigenvalue weighted by molar-refractivity contribution is 0.0745. The molecule has 1 heterocycles. The Morgan fingerprint density at radius 1 is 1.22 bits per heavy atom. The van der Waals surface area contributed by atoms with E-state index in [9.17, 15) is 4.79 Å². The van der Waals surface area contributed by atoms with Crippen molar-refractivity contribution in [3.05, 3.63) is 47.0 Å². The molecule has 2 aliphatic rings. The number of hydrogen-bond donors (Lipinski definition) is 1. The number of aryl methyl sites for hydroxylation is 2. The van der Waals surface area contributed by atoms with Gasteiger partial charge >= 0.3 is 0 Å². The Morgan fingerprint density at radius 3 is 2.65 bits per heavy atom. The van der Waals surface area contributed by atoms with Crippen molar-refractivity contribution in [3.8, 4) is 0 Å². The molecule has 122 valence electrons. The zero-order valence-electron chi connectivity index (χ0n) is 13.4. The van der Waals surface area contributed by atoms with E-state index in [1.807, 2.05) is 11.0 Å². The quantitative estimate of drug-likeness (QED) is 0.919. The van der Waals surface area contributed by atoms with Crippen molar-refractivity contribution in [2.45, 2.75) is 32.2 Å². The van der Waals surface area contributed by atoms with Gasteiger partial charge in [-0.25, -0.2) is 0 Å². The topological polar surface area (TPSA) is 46.3 Å². The highest BCUT2D eigenvalue weighted by molar-refractivity contribution is 6.09. The van der Waals surface area contributed by atoms with Crippen LogP contribution in [0.1, 0.15) is 34.8 Å². The maximum absolute atomic E-state index is 13.1. The summed E-state index contributed by atoms with van der Waals surface area (Å²) in [5, 5.41) is 2.44. The second-order valence-electron chi connectivity index (χ2n) is 6.76. The first-order valence-electron chi connectivity index (χ1n) is 8.23. The molecule has 4 heteroatoms. The smallest absolute Gasteiger partial charge is 0.254 e. The maximum atomic E-state index is 13.1. The van der Waals surface area contributed by atoms with Gasteiger partial charge in [0.1, 0.15) is 0 Å². The molecule has 2 aromatic rings. The van der Waals surface area contributed by atoms with Gasteiger partial charge in [0.2, 0.25) is 0 Å². The lowest BCUT2D eigenvalue weighted by Gasteiger charge is -2.22. The Kier molecular flexibility index (Phi) is 4.35. The normalized spacial score (nSPS) is 22.4. The van der Waals surface area contributed by atoms with E-state index in [1.54, 1.807) is 0 Å². The monoisotopic (exact) mass is 330 g/mol. The van der Waals surface area contributed by atoms with Crippen molar-refractivity contribution in [3.63, 3.8) is 0 Å². The van der Waals surface area contributed by atoms with Gasteiger partial charge in [-0.15, -0.1) is 12.4 Å². The van der Waals surface area contributed by atoms with Crippen molar-refractivity contribution >= 4 is 29.1 Å². The van der Waals surface area contributed by atoms with Gasteiger partial charge in [0.05, 0.1) is 0 Å². The molecule has 23 heavy (non-hydrogen) atoms. The standard InChI is InChI=1S/C19H22N2O.ClH/c1-12-9-13(10-20)11-21(12)19(22)17-8-7-15-6-5-14-3-2-4-16(17)18(14)15;/h2-4,7-8,12-13H,5-6,9-11,20H2,1H3;1H. The molecule has 2 atom stereocenters. The molecule has 0 bridgehead atoms. The van der Waals surface area contributed by atoms with Crippen LogP contribution >= 0.6 is 12.4 Å². The number of amides is 1. The third-order valence-corrected chi connectivity index (χ3v) is 5.36. The van der Waals surface area contributed by atoms with E-state index in [0.717, 1.165) is 36.8 Å². The predicted molar refractivity (Wildman–Crippen MR) is 96.3 cm³/mol. The number of halogens is 1. The number of rotatable bonds is 2. The average molecular weight is 331 g/mol. The number of nitrogens with zero attached hydrogens (tertiary/aromatic N) is 1. The molecule has 1 aliphatic carbocycles. The third kappa shape index (κ3) is 2.52. The molecule has 1 amide bonds. The van der Waals surface area contributed by atoms with Gasteiger partial charge in [0.25, 0.3) is 5.91 Å². The molecule has 2 unspecified atom stereocenters. The molecule has 0 aromatic heterocycles. The zero-order valence-corrected chi connectivity index (χ0v) is 14.2. The van der Waals surface area contributed by atoms with Crippen LogP contribution in [0.2, 0.25) is 0 Å². The summed E-state index contributed by atoms with van der Waals surface area (Å²) in [5.41, 5.74) is 9.42. The minimum Gasteiger partial charge on any atom is -0.336 e. The van der Waals surface area contributed by atoms with Crippen molar-refractivity contribution < 1.29 is 4.79 Å². The van der Waals surface area contributed by atoms with E-state index in [-0.39, 0.29) is 24.4 Å². The fraction of sp³-hybridized carbons (Fsp3) is 0.421. The second-order valence-corrected chi connectivity index (χ2v) is 6.76. The van der Waals surface area contributed by atoms with Crippen molar-refractivity contribution in [2.75, 3.05) is 13.1 Å². The first-order valence-corrected chi connectivity index (χ1v) is 8.23. The minimum absolute atomic E-state index is 0. The molecule has 2 aromatic carbocycles. The van der Waals surface area contributed by atoms with Crippen LogP contribution in [0.15, 0.2) is 30.3 Å². The fourth-order valence-electron chi connectivity index (χ4n) is 4.18. The molecular weight excluding hydrogens is 308 g/mol. The highest BCUT2D eigenvalue weighted by Gasteiger charge is 2.33. The van der Waals surface area contributed by atoms with Gasteiger partial charge in [0.15, 0.2) is 0 Å². The van der Waals surface area contributed by atoms with E-state index >= 15 is 0 Å². The number of carbonyl (C=O) groups is 1. The third-order valence-electron chi connectivity index (χ3n) is 5.36. The molecule has 4 rings (SSSR count). The summed E-state index contributed by atoms with van der Waals surface area (Å²) in [6.45, 7) is 3.59. The molecule has 1 fully saturated rings. The predicted octanol–water partition coefficient (Wildman–Crippen LogP) is 3.17. The summed E-state index contributed by atoms with van der Waals surface area (Å²) in [6, 6.07) is 10.8. The van der Waals surface area contributed by atoms with Crippen molar-refractivity contribution in [1.82, 2.24) is 4.90 Å². The molecular formula is C19H23ClN2O. The average Bonchev–Trinajstić information content (AvgIpc) is 3.12. The maximum Gasteiger partial charge on any atom is 0.254 e. The molecule has 1 aliphatic heterocycles. The lowest BCUT2D eigenvalue weighted by Crippen LogP contribution is -2.34. The Morgan fingerprint density at radius 2 is 1.96 bits per heavy atom. The van der Waals surface area contributed by atoms with E-state index < -0.39 is 0 Å². The number of likely N-dealkylation sites (tertiary alicyclic amines) is 1. The van der Waals surface area contributed by atoms with Crippen LogP contribution in [0.25, 0.3) is 10.8 Å². The van der Waals surface area contributed by atoms with Crippen LogP contribution in [0.3, 0.4) is 0 Å². The first kappa shape index (κ1) is 16.3. The molecule has 3 nitrogen and oxygen atoms in total. The summed E-state index contributed by atoms with van der Waals surface area (Å²) in [4.78, 5) is 15.1. The van der Waals surface area contributed by atoms with E-state index in [1.165, 1.54) is 16.5 Å². The Hall–Kier alpha value is -1.58. The van der Waals surface area contributed by atoms with Crippen molar-refractivity contribution in [1.29, 1.82) is 0 Å². The minimum atomic E-state index is 0. The lowest BCUT2D eigenvalue weighted by atomic mass is 9.99. The van der Waals surface area contributed by atoms with Gasteiger partial charge in [-0.1, -0.05) is 24.3 Å². The molecule has 0 spiro atoms. The Bertz CT molecular complexity index is 748. The first-order chi connectivity index (χ1) is 10.7. The van der Waals surface area contributed by atoms with Gasteiger partial charge in [-0.2, -0.15) is 0 Å². The van der Waals surface area contributed by atoms with Gasteiger partial charge in [0, 0.05) is 18.2 Å². The van der Waals surface area contributed by atoms with Crippen LogP contribution in [0, 0.1) is 5.92 Å². The summed E-state index contributed by atoms with van der Waals surface area (Å²) in [5.74, 6) is 0.606. The van der Waals surface area contributed by atoms with Crippen LogP contribution < -0.4 is 5.73 Å². The fourth-order valence-corrected chi connectivity index (χ4v) is 4.18. The van der Waals surface area contributed by atoms with Gasteiger partial charge in [-0.05, 0) is 66.6 Å². The van der Waals surface area contributed by atoms with Crippen LogP contribution in [0.5, 0.6) is 0 Å². The number of hydrogen-bond acceptors (Lipinski definition) is 2. The zero-order chi connectivity index (χ0) is 15.3. The van der Waals surface area contributed by atoms with Crippen molar-refractivity contribution in [2.24, 2.45) is 11.7 Å². The largest absolute Gasteiger partial charge is 0.336 e. The van der Waals surface area contributed by atoms with Crippen LogP contribution in [-0.2, 0) is 12.8 Å². The van der Waals surface area contributed by atoms with Gasteiger partial charge in [-0.3, -0.25) is 4.79 Å². The van der Waals surface area contributed by atoms with E-state index in [0.29, 0.717) is 12.5 Å². The second kappa shape index (κ2) is 6.14.